The third kappa shape index (κ3) is 4.08. The van der Waals surface area contributed by atoms with Crippen LogP contribution in [0.25, 0.3) is 0 Å². The molecule has 0 bridgehead atoms. The van der Waals surface area contributed by atoms with E-state index in [9.17, 15) is 9.18 Å². The number of carbonyl (C=O) groups is 1. The van der Waals surface area contributed by atoms with Gasteiger partial charge in [0, 0.05) is 12.6 Å². The van der Waals surface area contributed by atoms with Crippen molar-refractivity contribution >= 4 is 6.09 Å². The van der Waals surface area contributed by atoms with Gasteiger partial charge in [-0.25, -0.2) is 9.18 Å². The highest BCUT2D eigenvalue weighted by atomic mass is 19.1. The van der Waals surface area contributed by atoms with Crippen molar-refractivity contribution in [1.29, 1.82) is 0 Å². The standard InChI is InChI=1S/C15H27FN2O2/c1-15(2,3)20-14(19)18-10-7-13(12(16)11-18)17-8-5-4-6-9-17/h12-13H,4-11H2,1-3H3. The summed E-state index contributed by atoms with van der Waals surface area (Å²) in [5, 5.41) is 0. The van der Waals surface area contributed by atoms with Gasteiger partial charge < -0.3 is 9.64 Å². The Morgan fingerprint density at radius 1 is 1.15 bits per heavy atom. The smallest absolute Gasteiger partial charge is 0.410 e. The molecule has 5 heteroatoms. The third-order valence-electron chi connectivity index (χ3n) is 4.02. The molecule has 0 N–H and O–H groups in total. The first-order chi connectivity index (χ1) is 9.37. The van der Waals surface area contributed by atoms with Crippen molar-refractivity contribution in [2.75, 3.05) is 26.2 Å². The quantitative estimate of drug-likeness (QED) is 0.743. The van der Waals surface area contributed by atoms with Crippen molar-refractivity contribution in [2.45, 2.75) is 64.3 Å². The van der Waals surface area contributed by atoms with Gasteiger partial charge in [-0.2, -0.15) is 0 Å². The van der Waals surface area contributed by atoms with Crippen molar-refractivity contribution in [3.8, 4) is 0 Å². The molecule has 20 heavy (non-hydrogen) atoms. The maximum Gasteiger partial charge on any atom is 0.410 e. The van der Waals surface area contributed by atoms with E-state index in [1.807, 2.05) is 20.8 Å². The molecule has 0 aromatic heterocycles. The molecule has 0 aliphatic carbocycles. The molecule has 0 spiro atoms. The molecule has 0 saturated carbocycles. The summed E-state index contributed by atoms with van der Waals surface area (Å²) in [6.45, 7) is 8.25. The predicted molar refractivity (Wildman–Crippen MR) is 76.5 cm³/mol. The van der Waals surface area contributed by atoms with E-state index in [0.29, 0.717) is 13.0 Å². The first-order valence-corrected chi connectivity index (χ1v) is 7.73. The van der Waals surface area contributed by atoms with Gasteiger partial charge >= 0.3 is 6.09 Å². The Hall–Kier alpha value is -0.840. The van der Waals surface area contributed by atoms with Crippen LogP contribution in [0.15, 0.2) is 0 Å². The predicted octanol–water partition coefficient (Wildman–Crippen LogP) is 2.82. The average molecular weight is 286 g/mol. The van der Waals surface area contributed by atoms with Crippen LogP contribution in [0.2, 0.25) is 0 Å². The number of hydrogen-bond donors (Lipinski definition) is 0. The molecule has 4 nitrogen and oxygen atoms in total. The minimum atomic E-state index is -0.964. The van der Waals surface area contributed by atoms with E-state index in [2.05, 4.69) is 4.90 Å². The minimum absolute atomic E-state index is 0.0195. The van der Waals surface area contributed by atoms with E-state index >= 15 is 0 Å². The van der Waals surface area contributed by atoms with Crippen molar-refractivity contribution < 1.29 is 13.9 Å². The Labute approximate surface area is 121 Å². The van der Waals surface area contributed by atoms with Crippen molar-refractivity contribution in [3.63, 3.8) is 0 Å². The zero-order valence-electron chi connectivity index (χ0n) is 12.9. The molecule has 2 heterocycles. The van der Waals surface area contributed by atoms with Crippen LogP contribution in [0.4, 0.5) is 9.18 Å². The summed E-state index contributed by atoms with van der Waals surface area (Å²) < 4.78 is 19.7. The van der Waals surface area contributed by atoms with Crippen molar-refractivity contribution in [1.82, 2.24) is 9.80 Å². The molecular weight excluding hydrogens is 259 g/mol. The Balaban J connectivity index is 1.86. The van der Waals surface area contributed by atoms with Gasteiger partial charge in [0.1, 0.15) is 11.8 Å². The van der Waals surface area contributed by atoms with E-state index in [1.165, 1.54) is 24.2 Å². The molecule has 2 aliphatic rings. The van der Waals surface area contributed by atoms with E-state index in [0.717, 1.165) is 13.1 Å². The second kappa shape index (κ2) is 6.29. The van der Waals surface area contributed by atoms with E-state index in [4.69, 9.17) is 4.74 Å². The maximum absolute atomic E-state index is 14.4. The molecule has 116 valence electrons. The summed E-state index contributed by atoms with van der Waals surface area (Å²) in [5.41, 5.74) is -0.521. The second-order valence-corrected chi connectivity index (χ2v) is 6.90. The van der Waals surface area contributed by atoms with Crippen LogP contribution >= 0.6 is 0 Å². The first-order valence-electron chi connectivity index (χ1n) is 7.73. The molecule has 2 saturated heterocycles. The van der Waals surface area contributed by atoms with Gasteiger partial charge in [-0.3, -0.25) is 4.90 Å². The first kappa shape index (κ1) is 15.5. The number of hydrogen-bond acceptors (Lipinski definition) is 3. The summed E-state index contributed by atoms with van der Waals surface area (Å²) in [6.07, 6.45) is 2.94. The Bertz CT molecular complexity index is 337. The number of likely N-dealkylation sites (tertiary alicyclic amines) is 2. The SMILES string of the molecule is CC(C)(C)OC(=O)N1CCC(N2CCCCC2)C(F)C1. The summed E-state index contributed by atoms with van der Waals surface area (Å²) in [7, 11) is 0. The number of alkyl halides is 1. The molecular formula is C15H27FN2O2. The maximum atomic E-state index is 14.4. The average Bonchev–Trinajstić information content (AvgIpc) is 2.37. The van der Waals surface area contributed by atoms with Gasteiger partial charge in [0.2, 0.25) is 0 Å². The number of nitrogens with zero attached hydrogens (tertiary/aromatic N) is 2. The molecule has 0 aromatic rings. The van der Waals surface area contributed by atoms with Crippen LogP contribution in [-0.4, -0.2) is 59.9 Å². The Morgan fingerprint density at radius 3 is 2.35 bits per heavy atom. The van der Waals surface area contributed by atoms with Gasteiger partial charge in [-0.05, 0) is 53.1 Å². The summed E-state index contributed by atoms with van der Waals surface area (Å²) in [5.74, 6) is 0. The Morgan fingerprint density at radius 2 is 1.80 bits per heavy atom. The molecule has 0 radical (unpaired) electrons. The molecule has 2 rings (SSSR count). The lowest BCUT2D eigenvalue weighted by atomic mass is 9.98. The number of halogens is 1. The summed E-state index contributed by atoms with van der Waals surface area (Å²) in [6, 6.07) is -0.0195. The van der Waals surface area contributed by atoms with Gasteiger partial charge in [-0.15, -0.1) is 0 Å². The van der Waals surface area contributed by atoms with Crippen LogP contribution in [0.3, 0.4) is 0 Å². The molecule has 2 unspecified atom stereocenters. The fourth-order valence-electron chi connectivity index (χ4n) is 3.05. The van der Waals surface area contributed by atoms with Crippen molar-refractivity contribution in [3.05, 3.63) is 0 Å². The molecule has 0 aromatic carbocycles. The fraction of sp³-hybridized carbons (Fsp3) is 0.933. The van der Waals surface area contributed by atoms with Gasteiger partial charge in [0.25, 0.3) is 0 Å². The van der Waals surface area contributed by atoms with Crippen LogP contribution in [0.1, 0.15) is 46.5 Å². The largest absolute Gasteiger partial charge is 0.444 e. The van der Waals surface area contributed by atoms with Crippen LogP contribution in [-0.2, 0) is 4.74 Å². The van der Waals surface area contributed by atoms with Gasteiger partial charge in [0.15, 0.2) is 0 Å². The highest BCUT2D eigenvalue weighted by Gasteiger charge is 2.36. The van der Waals surface area contributed by atoms with Crippen LogP contribution in [0.5, 0.6) is 0 Å². The summed E-state index contributed by atoms with van der Waals surface area (Å²) >= 11 is 0. The number of carbonyl (C=O) groups excluding carboxylic acids is 1. The third-order valence-corrected chi connectivity index (χ3v) is 4.02. The highest BCUT2D eigenvalue weighted by molar-refractivity contribution is 5.68. The lowest BCUT2D eigenvalue weighted by molar-refractivity contribution is -0.00819. The number of ether oxygens (including phenoxy) is 1. The lowest BCUT2D eigenvalue weighted by Gasteiger charge is -2.42. The molecule has 2 fully saturated rings. The zero-order valence-corrected chi connectivity index (χ0v) is 12.9. The minimum Gasteiger partial charge on any atom is -0.444 e. The van der Waals surface area contributed by atoms with Gasteiger partial charge in [0.05, 0.1) is 6.54 Å². The number of piperidine rings is 2. The van der Waals surface area contributed by atoms with Crippen LogP contribution < -0.4 is 0 Å². The normalized spacial score (nSPS) is 29.3. The van der Waals surface area contributed by atoms with E-state index in [1.54, 1.807) is 0 Å². The fourth-order valence-corrected chi connectivity index (χ4v) is 3.05. The molecule has 1 amide bonds. The van der Waals surface area contributed by atoms with Crippen molar-refractivity contribution in [2.24, 2.45) is 0 Å². The second-order valence-electron chi connectivity index (χ2n) is 6.90. The molecule has 2 aliphatic heterocycles. The lowest BCUT2D eigenvalue weighted by Crippen LogP contribution is -2.55. The number of rotatable bonds is 1. The van der Waals surface area contributed by atoms with Crippen LogP contribution in [0, 0.1) is 0 Å². The summed E-state index contributed by atoms with van der Waals surface area (Å²) in [4.78, 5) is 15.7. The van der Waals surface area contributed by atoms with E-state index in [-0.39, 0.29) is 12.6 Å². The topological polar surface area (TPSA) is 32.8 Å². The highest BCUT2D eigenvalue weighted by Crippen LogP contribution is 2.24. The number of amides is 1. The zero-order chi connectivity index (χ0) is 14.8. The van der Waals surface area contributed by atoms with Gasteiger partial charge in [-0.1, -0.05) is 6.42 Å². The van der Waals surface area contributed by atoms with E-state index < -0.39 is 17.9 Å². The monoisotopic (exact) mass is 286 g/mol. The molecule has 2 atom stereocenters. The Kier molecular flexibility index (Phi) is 4.89.